The van der Waals surface area contributed by atoms with Gasteiger partial charge in [-0.05, 0) is 90.6 Å². The fraction of sp³-hybridized carbons (Fsp3) is 0.206. The number of aryl methyl sites for hydroxylation is 1. The summed E-state index contributed by atoms with van der Waals surface area (Å²) in [5, 5.41) is 11.6. The van der Waals surface area contributed by atoms with Crippen molar-refractivity contribution in [3.05, 3.63) is 131 Å². The number of allylic oxidation sites excluding steroid dienone is 1. The van der Waals surface area contributed by atoms with Gasteiger partial charge >= 0.3 is 12.1 Å². The molecule has 4 nitrogen and oxygen atoms in total. The van der Waals surface area contributed by atoms with Crippen LogP contribution < -0.4 is 10.1 Å². The van der Waals surface area contributed by atoms with E-state index in [2.05, 4.69) is 24.0 Å². The molecule has 0 heterocycles. The molecule has 0 aliphatic rings. The zero-order valence-corrected chi connectivity index (χ0v) is 25.6. The van der Waals surface area contributed by atoms with E-state index < -0.39 is 29.7 Å². The van der Waals surface area contributed by atoms with Gasteiger partial charge in [-0.2, -0.15) is 13.2 Å². The van der Waals surface area contributed by atoms with E-state index in [1.165, 1.54) is 24.3 Å². The second kappa shape index (κ2) is 14.7. The Labute approximate surface area is 263 Å². The van der Waals surface area contributed by atoms with E-state index in [1.54, 1.807) is 30.0 Å². The van der Waals surface area contributed by atoms with Crippen LogP contribution in [-0.2, 0) is 17.4 Å². The highest BCUT2D eigenvalue weighted by Crippen LogP contribution is 2.33. The lowest BCUT2D eigenvalue weighted by molar-refractivity contribution is -0.139. The predicted molar refractivity (Wildman–Crippen MR) is 170 cm³/mol. The second-order valence-electron chi connectivity index (χ2n) is 10.2. The van der Waals surface area contributed by atoms with Crippen LogP contribution in [0.2, 0.25) is 0 Å². The number of benzene rings is 4. The van der Waals surface area contributed by atoms with Crippen molar-refractivity contribution in [1.82, 2.24) is 5.32 Å². The molecular formula is C34H31F4NO3S2. The normalized spacial score (nSPS) is 13.3. The van der Waals surface area contributed by atoms with Crippen molar-refractivity contribution < 1.29 is 32.2 Å². The molecule has 0 radical (unpaired) electrons. The van der Waals surface area contributed by atoms with Gasteiger partial charge in [0.2, 0.25) is 0 Å². The third-order valence-electron chi connectivity index (χ3n) is 6.71. The molecule has 0 aliphatic carbocycles. The molecule has 4 aromatic rings. The molecule has 0 aromatic heterocycles. The summed E-state index contributed by atoms with van der Waals surface area (Å²) < 4.78 is 57.7. The maximum Gasteiger partial charge on any atom is 0.416 e. The van der Waals surface area contributed by atoms with Crippen molar-refractivity contribution in [1.29, 1.82) is 0 Å². The number of hydrogen-bond acceptors (Lipinski definition) is 5. The molecular weight excluding hydrogens is 611 g/mol. The van der Waals surface area contributed by atoms with Crippen LogP contribution in [0.5, 0.6) is 5.75 Å². The molecule has 0 aliphatic heterocycles. The molecule has 44 heavy (non-hydrogen) atoms. The monoisotopic (exact) mass is 641 g/mol. The lowest BCUT2D eigenvalue weighted by atomic mass is 10.0. The van der Waals surface area contributed by atoms with Crippen LogP contribution in [0, 0.1) is 12.7 Å². The van der Waals surface area contributed by atoms with Crippen LogP contribution in [0.4, 0.5) is 17.6 Å². The third-order valence-corrected chi connectivity index (χ3v) is 8.27. The van der Waals surface area contributed by atoms with Gasteiger partial charge in [-0.25, -0.2) is 9.18 Å². The van der Waals surface area contributed by atoms with Crippen LogP contribution >= 0.6 is 24.4 Å². The Bertz CT molecular complexity index is 1590. The first-order chi connectivity index (χ1) is 20.9. The molecule has 2 unspecified atom stereocenters. The minimum atomic E-state index is -4.41. The average Bonchev–Trinajstić information content (AvgIpc) is 2.97. The maximum absolute atomic E-state index is 13.4. The van der Waals surface area contributed by atoms with Crippen molar-refractivity contribution >= 4 is 30.4 Å². The summed E-state index contributed by atoms with van der Waals surface area (Å²) in [7, 11) is 0. The van der Waals surface area contributed by atoms with Gasteiger partial charge in [-0.15, -0.1) is 24.4 Å². The van der Waals surface area contributed by atoms with Crippen LogP contribution in [0.1, 0.15) is 34.6 Å². The maximum atomic E-state index is 13.4. The largest absolute Gasteiger partial charge is 0.482 e. The van der Waals surface area contributed by atoms with Gasteiger partial charge in [0.15, 0.2) is 6.61 Å². The standard InChI is InChI=1S/C34H31F4NO3S2/c1-21-17-29(15-16-31(21)42-20-32(40)41)44-30(19-23-3-5-24(6-4-23)25-9-13-28(35)14-10-25)18-22(2)39-33(43)26-7-11-27(12-8-26)34(36,37)38/h3-18,30,33,39,43H,19-20H2,1-2H3,(H,40,41)/b22-18+. The summed E-state index contributed by atoms with van der Waals surface area (Å²) in [5.41, 5.74) is 4.42. The quantitative estimate of drug-likeness (QED) is 0.0624. The fourth-order valence-electron chi connectivity index (χ4n) is 4.49. The molecule has 0 fully saturated rings. The zero-order chi connectivity index (χ0) is 31.9. The Balaban J connectivity index is 1.53. The molecule has 4 rings (SSSR count). The summed E-state index contributed by atoms with van der Waals surface area (Å²) in [4.78, 5) is 11.9. The van der Waals surface area contributed by atoms with Crippen LogP contribution in [0.15, 0.2) is 108 Å². The number of halogens is 4. The van der Waals surface area contributed by atoms with E-state index in [1.807, 2.05) is 50.2 Å². The minimum absolute atomic E-state index is 0.0579. The van der Waals surface area contributed by atoms with Crippen LogP contribution in [-0.4, -0.2) is 22.9 Å². The van der Waals surface area contributed by atoms with E-state index in [0.29, 0.717) is 17.7 Å². The number of carboxylic acids is 1. The molecule has 0 amide bonds. The van der Waals surface area contributed by atoms with Crippen LogP contribution in [0.3, 0.4) is 0 Å². The highest BCUT2D eigenvalue weighted by molar-refractivity contribution is 8.00. The van der Waals surface area contributed by atoms with Gasteiger partial charge in [-0.1, -0.05) is 54.6 Å². The van der Waals surface area contributed by atoms with E-state index in [4.69, 9.17) is 9.84 Å². The van der Waals surface area contributed by atoms with Gasteiger partial charge in [0.25, 0.3) is 0 Å². The zero-order valence-electron chi connectivity index (χ0n) is 23.9. The van der Waals surface area contributed by atoms with Crippen molar-refractivity contribution in [2.24, 2.45) is 0 Å². The van der Waals surface area contributed by atoms with E-state index in [-0.39, 0.29) is 11.1 Å². The molecule has 10 heteroatoms. The number of carbonyl (C=O) groups is 1. The Kier molecular flexibility index (Phi) is 11.0. The molecule has 0 spiro atoms. The van der Waals surface area contributed by atoms with Crippen molar-refractivity contribution in [2.45, 2.75) is 42.0 Å². The molecule has 0 saturated heterocycles. The van der Waals surface area contributed by atoms with Gasteiger partial charge in [0.05, 0.1) is 10.9 Å². The SMILES string of the molecule is C/C(=C\C(Cc1ccc(-c2ccc(F)cc2)cc1)Sc1ccc(OCC(=O)O)c(C)c1)NC(S)c1ccc(C(F)(F)F)cc1. The van der Waals surface area contributed by atoms with Crippen LogP contribution in [0.25, 0.3) is 11.1 Å². The van der Waals surface area contributed by atoms with E-state index in [9.17, 15) is 22.4 Å². The van der Waals surface area contributed by atoms with Gasteiger partial charge in [0.1, 0.15) is 11.6 Å². The lowest BCUT2D eigenvalue weighted by Crippen LogP contribution is -2.17. The first kappa shape index (κ1) is 33.0. The van der Waals surface area contributed by atoms with Crippen molar-refractivity contribution in [3.63, 3.8) is 0 Å². The fourth-order valence-corrected chi connectivity index (χ4v) is 6.16. The molecule has 0 saturated carbocycles. The highest BCUT2D eigenvalue weighted by atomic mass is 32.2. The second-order valence-corrected chi connectivity index (χ2v) is 12.0. The summed E-state index contributed by atoms with van der Waals surface area (Å²) in [6, 6.07) is 24.8. The minimum Gasteiger partial charge on any atom is -0.482 e. The predicted octanol–water partition coefficient (Wildman–Crippen LogP) is 9.11. The topological polar surface area (TPSA) is 58.6 Å². The third kappa shape index (κ3) is 9.56. The van der Waals surface area contributed by atoms with E-state index >= 15 is 0 Å². The highest BCUT2D eigenvalue weighted by Gasteiger charge is 2.30. The summed E-state index contributed by atoms with van der Waals surface area (Å²) in [6.45, 7) is 3.30. The first-order valence-corrected chi connectivity index (χ1v) is 15.0. The van der Waals surface area contributed by atoms with Gasteiger partial charge in [0, 0.05) is 15.8 Å². The number of thiol groups is 1. The number of nitrogens with one attached hydrogen (secondary N) is 1. The molecule has 2 N–H and O–H groups in total. The lowest BCUT2D eigenvalue weighted by Gasteiger charge is -2.20. The van der Waals surface area contributed by atoms with Gasteiger partial charge < -0.3 is 15.2 Å². The van der Waals surface area contributed by atoms with Crippen molar-refractivity contribution in [3.8, 4) is 16.9 Å². The van der Waals surface area contributed by atoms with E-state index in [0.717, 1.165) is 45.0 Å². The Morgan fingerprint density at radius 2 is 1.59 bits per heavy atom. The molecule has 0 bridgehead atoms. The Hall–Kier alpha value is -3.89. The first-order valence-electron chi connectivity index (χ1n) is 13.6. The molecule has 4 aromatic carbocycles. The average molecular weight is 642 g/mol. The summed E-state index contributed by atoms with van der Waals surface area (Å²) in [6.07, 6.45) is -1.70. The number of carboxylic acid groups (broad SMARTS) is 1. The summed E-state index contributed by atoms with van der Waals surface area (Å²) in [5.74, 6) is -0.854. The Morgan fingerprint density at radius 1 is 0.977 bits per heavy atom. The van der Waals surface area contributed by atoms with Crippen molar-refractivity contribution in [2.75, 3.05) is 6.61 Å². The molecule has 2 atom stereocenters. The number of alkyl halides is 3. The summed E-state index contributed by atoms with van der Waals surface area (Å²) >= 11 is 6.19. The number of ether oxygens (including phenoxy) is 1. The Morgan fingerprint density at radius 3 is 2.16 bits per heavy atom. The number of thioether (sulfide) groups is 1. The number of aliphatic carboxylic acids is 1. The smallest absolute Gasteiger partial charge is 0.416 e. The van der Waals surface area contributed by atoms with Gasteiger partial charge in [-0.3, -0.25) is 0 Å². The number of hydrogen-bond donors (Lipinski definition) is 3. The number of rotatable bonds is 12. The molecule has 230 valence electrons.